The first-order chi connectivity index (χ1) is 14.0. The molecular formula is C20H18ClN5O3. The molecule has 0 unspecified atom stereocenters. The quantitative estimate of drug-likeness (QED) is 0.380. The Morgan fingerprint density at radius 3 is 2.72 bits per heavy atom. The molecule has 148 valence electrons. The third kappa shape index (κ3) is 3.97. The van der Waals surface area contributed by atoms with Gasteiger partial charge in [-0.25, -0.2) is 0 Å². The van der Waals surface area contributed by atoms with Crippen LogP contribution in [0, 0.1) is 10.1 Å². The molecule has 0 bridgehead atoms. The molecule has 0 fully saturated rings. The highest BCUT2D eigenvalue weighted by molar-refractivity contribution is 6.31. The maximum absolute atomic E-state index is 11.0. The number of nitro groups is 1. The van der Waals surface area contributed by atoms with Gasteiger partial charge in [-0.15, -0.1) is 10.2 Å². The lowest BCUT2D eigenvalue weighted by atomic mass is 10.1. The predicted octanol–water partition coefficient (Wildman–Crippen LogP) is 4.69. The van der Waals surface area contributed by atoms with Gasteiger partial charge in [0.1, 0.15) is 5.82 Å². The van der Waals surface area contributed by atoms with Crippen LogP contribution in [0.4, 0.5) is 11.4 Å². The Labute approximate surface area is 171 Å². The molecule has 3 aromatic rings. The van der Waals surface area contributed by atoms with Gasteiger partial charge in [0.05, 0.1) is 10.6 Å². The number of fused-ring (bicyclic) bond motifs is 1. The van der Waals surface area contributed by atoms with Crippen molar-refractivity contribution in [2.45, 2.75) is 32.2 Å². The Kier molecular flexibility index (Phi) is 5.26. The number of aromatic nitrogens is 3. The number of phenolic OH excluding ortho intramolecular Hbond substituents is 1. The summed E-state index contributed by atoms with van der Waals surface area (Å²) in [4.78, 5) is 14.6. The zero-order valence-corrected chi connectivity index (χ0v) is 16.2. The van der Waals surface area contributed by atoms with Crippen molar-refractivity contribution in [2.75, 3.05) is 0 Å². The molecule has 1 aliphatic rings. The SMILES string of the molecule is O=[N+]([O-])c1cc(Cl)cc(C=Nc2ccc(-c3nnc4n3CCCCC4)cc2)c1O. The number of rotatable bonds is 4. The third-order valence-electron chi connectivity index (χ3n) is 4.87. The lowest BCUT2D eigenvalue weighted by Gasteiger charge is -2.07. The molecule has 0 radical (unpaired) electrons. The van der Waals surface area contributed by atoms with Crippen molar-refractivity contribution in [3.05, 3.63) is 62.9 Å². The highest BCUT2D eigenvalue weighted by atomic mass is 35.5. The Hall–Kier alpha value is -3.26. The van der Waals surface area contributed by atoms with E-state index < -0.39 is 16.4 Å². The van der Waals surface area contributed by atoms with Gasteiger partial charge in [0.25, 0.3) is 0 Å². The molecule has 0 spiro atoms. The third-order valence-corrected chi connectivity index (χ3v) is 5.09. The number of aryl methyl sites for hydroxylation is 1. The molecule has 0 saturated carbocycles. The molecule has 0 aliphatic carbocycles. The summed E-state index contributed by atoms with van der Waals surface area (Å²) in [6, 6.07) is 9.99. The lowest BCUT2D eigenvalue weighted by molar-refractivity contribution is -0.385. The summed E-state index contributed by atoms with van der Waals surface area (Å²) in [5, 5.41) is 29.9. The zero-order chi connectivity index (χ0) is 20.4. The van der Waals surface area contributed by atoms with E-state index in [1.54, 1.807) is 0 Å². The largest absolute Gasteiger partial charge is 0.502 e. The second-order valence-corrected chi connectivity index (χ2v) is 7.26. The number of nitrogens with zero attached hydrogens (tertiary/aromatic N) is 5. The Bertz CT molecular complexity index is 1090. The fourth-order valence-electron chi connectivity index (χ4n) is 3.38. The summed E-state index contributed by atoms with van der Waals surface area (Å²) in [6.45, 7) is 0.921. The Balaban J connectivity index is 1.58. The van der Waals surface area contributed by atoms with Crippen molar-refractivity contribution in [2.24, 2.45) is 4.99 Å². The van der Waals surface area contributed by atoms with Crippen LogP contribution >= 0.6 is 11.6 Å². The van der Waals surface area contributed by atoms with Crippen LogP contribution in [0.2, 0.25) is 5.02 Å². The Morgan fingerprint density at radius 2 is 1.97 bits per heavy atom. The van der Waals surface area contributed by atoms with E-state index in [0.29, 0.717) is 5.69 Å². The molecule has 4 rings (SSSR count). The van der Waals surface area contributed by atoms with Gasteiger partial charge in [0.2, 0.25) is 5.75 Å². The molecule has 1 aromatic heterocycles. The smallest absolute Gasteiger partial charge is 0.312 e. The molecule has 0 atom stereocenters. The molecule has 2 heterocycles. The van der Waals surface area contributed by atoms with E-state index in [9.17, 15) is 15.2 Å². The van der Waals surface area contributed by atoms with E-state index in [2.05, 4.69) is 19.8 Å². The first-order valence-electron chi connectivity index (χ1n) is 9.26. The lowest BCUT2D eigenvalue weighted by Crippen LogP contribution is -2.02. The van der Waals surface area contributed by atoms with Gasteiger partial charge in [0, 0.05) is 41.4 Å². The summed E-state index contributed by atoms with van der Waals surface area (Å²) in [5.41, 5.74) is 1.30. The van der Waals surface area contributed by atoms with E-state index in [1.807, 2.05) is 24.3 Å². The molecule has 29 heavy (non-hydrogen) atoms. The number of hydrogen-bond donors (Lipinski definition) is 1. The first-order valence-corrected chi connectivity index (χ1v) is 9.64. The second kappa shape index (κ2) is 8.00. The number of nitro benzene ring substituents is 1. The highest BCUT2D eigenvalue weighted by Gasteiger charge is 2.18. The average Bonchev–Trinajstić information content (AvgIpc) is 2.96. The van der Waals surface area contributed by atoms with Crippen LogP contribution in [0.5, 0.6) is 5.75 Å². The van der Waals surface area contributed by atoms with E-state index >= 15 is 0 Å². The number of benzene rings is 2. The fourth-order valence-corrected chi connectivity index (χ4v) is 3.60. The number of aromatic hydroxyl groups is 1. The molecule has 9 heteroatoms. The second-order valence-electron chi connectivity index (χ2n) is 6.83. The van der Waals surface area contributed by atoms with Gasteiger partial charge in [0.15, 0.2) is 5.82 Å². The standard InChI is InChI=1S/C20H18ClN5O3/c21-15-10-14(19(27)17(11-15)26(28)29)12-22-16-7-5-13(6-8-16)20-24-23-18-4-2-1-3-9-25(18)20/h5-8,10-12,27H,1-4,9H2. The molecule has 0 saturated heterocycles. The maximum Gasteiger partial charge on any atom is 0.312 e. The van der Waals surface area contributed by atoms with Crippen molar-refractivity contribution in [1.82, 2.24) is 14.8 Å². The van der Waals surface area contributed by atoms with Gasteiger partial charge in [-0.05, 0) is 43.2 Å². The van der Waals surface area contributed by atoms with E-state index in [0.717, 1.165) is 49.1 Å². The molecule has 8 nitrogen and oxygen atoms in total. The average molecular weight is 412 g/mol. The summed E-state index contributed by atoms with van der Waals surface area (Å²) in [6.07, 6.45) is 5.76. The van der Waals surface area contributed by atoms with E-state index in [4.69, 9.17) is 11.6 Å². The maximum atomic E-state index is 11.0. The van der Waals surface area contributed by atoms with Crippen molar-refractivity contribution in [3.8, 4) is 17.1 Å². The summed E-state index contributed by atoms with van der Waals surface area (Å²) < 4.78 is 2.18. The van der Waals surface area contributed by atoms with Crippen molar-refractivity contribution in [1.29, 1.82) is 0 Å². The molecule has 1 aliphatic heterocycles. The molecule has 0 amide bonds. The van der Waals surface area contributed by atoms with Crippen LogP contribution in [0.1, 0.15) is 30.7 Å². The van der Waals surface area contributed by atoms with Gasteiger partial charge in [-0.3, -0.25) is 15.1 Å². The summed E-state index contributed by atoms with van der Waals surface area (Å²) in [5.74, 6) is 1.41. The number of halogens is 1. The van der Waals surface area contributed by atoms with Gasteiger partial charge in [-0.1, -0.05) is 18.0 Å². The molecule has 2 aromatic carbocycles. The van der Waals surface area contributed by atoms with Crippen LogP contribution < -0.4 is 0 Å². The van der Waals surface area contributed by atoms with Crippen molar-refractivity contribution >= 4 is 29.2 Å². The van der Waals surface area contributed by atoms with Gasteiger partial charge >= 0.3 is 5.69 Å². The van der Waals surface area contributed by atoms with Crippen LogP contribution in [0.25, 0.3) is 11.4 Å². The van der Waals surface area contributed by atoms with Crippen molar-refractivity contribution in [3.63, 3.8) is 0 Å². The normalized spacial score (nSPS) is 14.0. The van der Waals surface area contributed by atoms with E-state index in [1.165, 1.54) is 18.7 Å². The monoisotopic (exact) mass is 411 g/mol. The van der Waals surface area contributed by atoms with Crippen LogP contribution in [0.15, 0.2) is 41.4 Å². The van der Waals surface area contributed by atoms with Crippen LogP contribution in [-0.4, -0.2) is 31.0 Å². The summed E-state index contributed by atoms with van der Waals surface area (Å²) in [7, 11) is 0. The highest BCUT2D eigenvalue weighted by Crippen LogP contribution is 2.32. The minimum Gasteiger partial charge on any atom is -0.502 e. The van der Waals surface area contributed by atoms with Crippen LogP contribution in [-0.2, 0) is 13.0 Å². The van der Waals surface area contributed by atoms with Crippen molar-refractivity contribution < 1.29 is 10.0 Å². The molecule has 1 N–H and O–H groups in total. The van der Waals surface area contributed by atoms with Crippen LogP contribution in [0.3, 0.4) is 0 Å². The fraction of sp³-hybridized carbons (Fsp3) is 0.250. The number of hydrogen-bond acceptors (Lipinski definition) is 6. The minimum absolute atomic E-state index is 0.152. The summed E-state index contributed by atoms with van der Waals surface area (Å²) >= 11 is 5.90. The number of phenols is 1. The molecular weight excluding hydrogens is 394 g/mol. The Morgan fingerprint density at radius 1 is 1.17 bits per heavy atom. The number of aliphatic imine (C=N–C) groups is 1. The predicted molar refractivity (Wildman–Crippen MR) is 110 cm³/mol. The first kappa shape index (κ1) is 19.1. The van der Waals surface area contributed by atoms with Gasteiger partial charge in [-0.2, -0.15) is 0 Å². The van der Waals surface area contributed by atoms with Gasteiger partial charge < -0.3 is 9.67 Å². The topological polar surface area (TPSA) is 106 Å². The minimum atomic E-state index is -0.686. The van der Waals surface area contributed by atoms with E-state index in [-0.39, 0.29) is 10.6 Å². The zero-order valence-electron chi connectivity index (χ0n) is 15.5.